The molecule has 0 atom stereocenters. The van der Waals surface area contributed by atoms with Gasteiger partial charge < -0.3 is 0 Å². The van der Waals surface area contributed by atoms with Gasteiger partial charge in [-0.15, -0.1) is 11.3 Å². The largest absolute Gasteiger partial charge is 0.246 e. The third kappa shape index (κ3) is 4.62. The molecule has 254 valence electrons. The molecule has 11 rings (SSSR count). The summed E-state index contributed by atoms with van der Waals surface area (Å²) in [5, 5.41) is 5.89. The number of pyridine rings is 1. The van der Waals surface area contributed by atoms with Gasteiger partial charge in [0, 0.05) is 48.5 Å². The zero-order valence-electron chi connectivity index (χ0n) is 29.7. The van der Waals surface area contributed by atoms with E-state index in [9.17, 15) is 0 Å². The lowest BCUT2D eigenvalue weighted by molar-refractivity contribution is 0.660. The van der Waals surface area contributed by atoms with Crippen molar-refractivity contribution in [2.24, 2.45) is 0 Å². The van der Waals surface area contributed by atoms with Crippen LogP contribution in [-0.2, 0) is 5.41 Å². The van der Waals surface area contributed by atoms with Crippen molar-refractivity contribution in [2.75, 3.05) is 0 Å². The number of aromatic nitrogens is 4. The predicted molar refractivity (Wildman–Crippen MR) is 225 cm³/mol. The minimum atomic E-state index is -0.136. The van der Waals surface area contributed by atoms with E-state index in [1.807, 2.05) is 29.5 Å². The fourth-order valence-corrected chi connectivity index (χ4v) is 9.72. The summed E-state index contributed by atoms with van der Waals surface area (Å²) in [4.78, 5) is 20.9. The number of nitrogens with zero attached hydrogens (tertiary/aromatic N) is 4. The summed E-state index contributed by atoms with van der Waals surface area (Å²) in [6.07, 6.45) is 0. The Labute approximate surface area is 316 Å². The first-order chi connectivity index (χ1) is 26.5. The van der Waals surface area contributed by atoms with Crippen LogP contribution in [0.1, 0.15) is 25.0 Å². The molecule has 1 aliphatic carbocycles. The van der Waals surface area contributed by atoms with Crippen LogP contribution < -0.4 is 0 Å². The van der Waals surface area contributed by atoms with Crippen molar-refractivity contribution < 1.29 is 0 Å². The summed E-state index contributed by atoms with van der Waals surface area (Å²) in [7, 11) is 0. The average molecular weight is 709 g/mol. The lowest BCUT2D eigenvalue weighted by Crippen LogP contribution is -2.15. The molecular weight excluding hydrogens is 677 g/mol. The molecule has 10 aromatic rings. The maximum atomic E-state index is 5.35. The van der Waals surface area contributed by atoms with Gasteiger partial charge >= 0.3 is 0 Å². The van der Waals surface area contributed by atoms with Crippen molar-refractivity contribution in [3.8, 4) is 56.5 Å². The highest BCUT2D eigenvalue weighted by atomic mass is 32.1. The fourth-order valence-electron chi connectivity index (χ4n) is 8.50. The summed E-state index contributed by atoms with van der Waals surface area (Å²) >= 11 is 1.81. The van der Waals surface area contributed by atoms with Crippen molar-refractivity contribution in [1.82, 2.24) is 19.9 Å². The summed E-state index contributed by atoms with van der Waals surface area (Å²) in [5.41, 5.74) is 11.0. The van der Waals surface area contributed by atoms with Crippen molar-refractivity contribution in [3.05, 3.63) is 169 Å². The third-order valence-corrected chi connectivity index (χ3v) is 12.3. The van der Waals surface area contributed by atoms with Crippen LogP contribution in [0.2, 0.25) is 0 Å². The summed E-state index contributed by atoms with van der Waals surface area (Å²) < 4.78 is 2.46. The number of hydrogen-bond donors (Lipinski definition) is 0. The van der Waals surface area contributed by atoms with Gasteiger partial charge in [0.15, 0.2) is 17.5 Å². The molecule has 4 nitrogen and oxygen atoms in total. The van der Waals surface area contributed by atoms with Crippen LogP contribution in [0.5, 0.6) is 0 Å². The molecule has 0 amide bonds. The van der Waals surface area contributed by atoms with Gasteiger partial charge in [0.05, 0.1) is 15.9 Å². The molecule has 5 heteroatoms. The second kappa shape index (κ2) is 11.7. The Bertz CT molecular complexity index is 3140. The molecular formula is C49H32N4S. The molecule has 0 spiro atoms. The van der Waals surface area contributed by atoms with Gasteiger partial charge in [-0.05, 0) is 57.3 Å². The Morgan fingerprint density at radius 2 is 1.02 bits per heavy atom. The molecule has 3 aromatic heterocycles. The molecule has 0 unspecified atom stereocenters. The van der Waals surface area contributed by atoms with Crippen LogP contribution in [-0.4, -0.2) is 19.9 Å². The number of fused-ring (bicyclic) bond motifs is 9. The molecule has 3 heterocycles. The van der Waals surface area contributed by atoms with E-state index in [2.05, 4.69) is 153 Å². The number of hydrogen-bond acceptors (Lipinski definition) is 5. The second-order valence-electron chi connectivity index (χ2n) is 14.6. The zero-order valence-corrected chi connectivity index (χ0v) is 30.5. The van der Waals surface area contributed by atoms with E-state index >= 15 is 0 Å². The van der Waals surface area contributed by atoms with Gasteiger partial charge in [-0.25, -0.2) is 19.9 Å². The zero-order chi connectivity index (χ0) is 36.0. The lowest BCUT2D eigenvalue weighted by atomic mass is 9.82. The van der Waals surface area contributed by atoms with Gasteiger partial charge in [-0.3, -0.25) is 0 Å². The van der Waals surface area contributed by atoms with Gasteiger partial charge in [0.2, 0.25) is 0 Å². The predicted octanol–water partition coefficient (Wildman–Crippen LogP) is 12.9. The topological polar surface area (TPSA) is 51.6 Å². The van der Waals surface area contributed by atoms with Crippen LogP contribution in [0.3, 0.4) is 0 Å². The van der Waals surface area contributed by atoms with E-state index < -0.39 is 0 Å². The molecule has 0 bridgehead atoms. The first kappa shape index (κ1) is 31.0. The SMILES string of the molecule is CC1(C)c2ccccc2-c2ccc(-c3nc(-c4ccccc4)nc(-c4ccc(-c5nc6ccccc6c6c5sc5ccccc56)c5ccccc45)n3)cc21. The Balaban J connectivity index is 1.13. The van der Waals surface area contributed by atoms with E-state index in [4.69, 9.17) is 19.9 Å². The Morgan fingerprint density at radius 3 is 1.85 bits per heavy atom. The standard InChI is InChI=1S/C49H32N4S/c1-49(2)39-21-11-8-18-33(39)34-25-24-30(28-40(34)49)47-51-46(29-14-4-3-5-15-29)52-48(53-47)36-27-26-35(31-16-6-7-17-32(31)36)44-45-43(37-19-9-12-22-41(37)50-44)38-20-10-13-23-42(38)54-45/h3-28H,1-2H3. The number of thiophene rings is 1. The number of rotatable bonds is 4. The molecule has 0 fully saturated rings. The maximum Gasteiger partial charge on any atom is 0.164 e. The van der Waals surface area contributed by atoms with Crippen molar-refractivity contribution in [3.63, 3.8) is 0 Å². The molecule has 0 saturated heterocycles. The minimum Gasteiger partial charge on any atom is -0.246 e. The Kier molecular flexibility index (Phi) is 6.73. The van der Waals surface area contributed by atoms with Crippen molar-refractivity contribution in [2.45, 2.75) is 19.3 Å². The van der Waals surface area contributed by atoms with Gasteiger partial charge in [-0.1, -0.05) is 147 Å². The van der Waals surface area contributed by atoms with Crippen LogP contribution in [0.4, 0.5) is 0 Å². The highest BCUT2D eigenvalue weighted by Crippen LogP contribution is 2.50. The second-order valence-corrected chi connectivity index (χ2v) is 15.6. The van der Waals surface area contributed by atoms with E-state index in [0.29, 0.717) is 17.5 Å². The molecule has 0 N–H and O–H groups in total. The van der Waals surface area contributed by atoms with Crippen LogP contribution in [0.15, 0.2) is 158 Å². The summed E-state index contributed by atoms with van der Waals surface area (Å²) in [6, 6.07) is 55.8. The first-order valence-corrected chi connectivity index (χ1v) is 19.1. The summed E-state index contributed by atoms with van der Waals surface area (Å²) in [5.74, 6) is 1.95. The van der Waals surface area contributed by atoms with E-state index in [-0.39, 0.29) is 5.41 Å². The molecule has 1 aliphatic rings. The number of benzene rings is 7. The van der Waals surface area contributed by atoms with Crippen LogP contribution >= 0.6 is 11.3 Å². The van der Waals surface area contributed by atoms with Crippen LogP contribution in [0, 0.1) is 0 Å². The van der Waals surface area contributed by atoms with Crippen molar-refractivity contribution in [1.29, 1.82) is 0 Å². The van der Waals surface area contributed by atoms with Gasteiger partial charge in [0.1, 0.15) is 0 Å². The highest BCUT2D eigenvalue weighted by Gasteiger charge is 2.35. The number of para-hydroxylation sites is 1. The molecule has 7 aromatic carbocycles. The highest BCUT2D eigenvalue weighted by molar-refractivity contribution is 7.26. The van der Waals surface area contributed by atoms with Crippen LogP contribution in [0.25, 0.3) is 98.4 Å². The quantitative estimate of drug-likeness (QED) is 0.183. The van der Waals surface area contributed by atoms with E-state index in [1.165, 1.54) is 47.8 Å². The smallest absolute Gasteiger partial charge is 0.164 e. The minimum absolute atomic E-state index is 0.136. The molecule has 0 saturated carbocycles. The lowest BCUT2D eigenvalue weighted by Gasteiger charge is -2.21. The normalized spacial score (nSPS) is 13.1. The average Bonchev–Trinajstić information content (AvgIpc) is 3.73. The van der Waals surface area contributed by atoms with Gasteiger partial charge in [-0.2, -0.15) is 0 Å². The molecule has 0 radical (unpaired) electrons. The maximum absolute atomic E-state index is 5.35. The molecule has 0 aliphatic heterocycles. The fraction of sp³-hybridized carbons (Fsp3) is 0.0612. The first-order valence-electron chi connectivity index (χ1n) is 18.3. The van der Waals surface area contributed by atoms with E-state index in [1.54, 1.807) is 0 Å². The monoisotopic (exact) mass is 708 g/mol. The summed E-state index contributed by atoms with van der Waals surface area (Å²) in [6.45, 7) is 4.61. The Morgan fingerprint density at radius 1 is 0.426 bits per heavy atom. The molecule has 54 heavy (non-hydrogen) atoms. The Hall–Kier alpha value is -6.56. The van der Waals surface area contributed by atoms with E-state index in [0.717, 1.165) is 44.2 Å². The van der Waals surface area contributed by atoms with Crippen molar-refractivity contribution >= 4 is 53.2 Å². The van der Waals surface area contributed by atoms with Gasteiger partial charge in [0.25, 0.3) is 0 Å². The third-order valence-electron chi connectivity index (χ3n) is 11.1.